The van der Waals surface area contributed by atoms with Crippen LogP contribution in [0, 0.1) is 10.1 Å². The highest BCUT2D eigenvalue weighted by atomic mass is 127. The van der Waals surface area contributed by atoms with E-state index in [4.69, 9.17) is 5.73 Å². The first-order chi connectivity index (χ1) is 9.63. The molecule has 0 aliphatic carbocycles. The van der Waals surface area contributed by atoms with Crippen LogP contribution in [0.5, 0.6) is 0 Å². The van der Waals surface area contributed by atoms with Gasteiger partial charge >= 0.3 is 5.69 Å². The van der Waals surface area contributed by atoms with Gasteiger partial charge in [0.25, 0.3) is 0 Å². The van der Waals surface area contributed by atoms with Crippen LogP contribution in [0.25, 0.3) is 0 Å². The van der Waals surface area contributed by atoms with Crippen LogP contribution in [0.4, 0.5) is 5.69 Å². The van der Waals surface area contributed by atoms with Gasteiger partial charge < -0.3 is 11.1 Å². The van der Waals surface area contributed by atoms with Gasteiger partial charge in [0.1, 0.15) is 12.4 Å². The van der Waals surface area contributed by atoms with Crippen LogP contribution in [0.2, 0.25) is 0 Å². The lowest BCUT2D eigenvalue weighted by Gasteiger charge is -2.05. The Labute approximate surface area is 141 Å². The van der Waals surface area contributed by atoms with E-state index in [0.29, 0.717) is 19.0 Å². The Bertz CT molecular complexity index is 449. The lowest BCUT2D eigenvalue weighted by atomic mass is 10.2. The Morgan fingerprint density at radius 2 is 2.29 bits per heavy atom. The third-order valence-electron chi connectivity index (χ3n) is 2.77. The number of nitro groups is 1. The van der Waals surface area contributed by atoms with Crippen molar-refractivity contribution < 1.29 is 4.92 Å². The Balaban J connectivity index is 0.00000400. The minimum absolute atomic E-state index is 0. The zero-order valence-electron chi connectivity index (χ0n) is 12.2. The van der Waals surface area contributed by atoms with E-state index in [-0.39, 0.29) is 29.7 Å². The molecule has 0 unspecified atom stereocenters. The van der Waals surface area contributed by atoms with Crippen molar-refractivity contribution in [1.82, 2.24) is 15.1 Å². The predicted molar refractivity (Wildman–Crippen MR) is 92.9 cm³/mol. The van der Waals surface area contributed by atoms with Crippen molar-refractivity contribution >= 4 is 35.6 Å². The Morgan fingerprint density at radius 3 is 2.90 bits per heavy atom. The van der Waals surface area contributed by atoms with Gasteiger partial charge in [-0.25, -0.2) is 0 Å². The van der Waals surface area contributed by atoms with Crippen molar-refractivity contribution in [1.29, 1.82) is 0 Å². The molecule has 0 saturated carbocycles. The molecule has 0 amide bonds. The molecule has 0 aliphatic heterocycles. The number of nitrogens with one attached hydrogen (secondary N) is 1. The first kappa shape index (κ1) is 19.6. The fraction of sp³-hybridized carbons (Fsp3) is 0.667. The Morgan fingerprint density at radius 1 is 1.52 bits per heavy atom. The number of aromatic nitrogens is 2. The number of halogens is 1. The van der Waals surface area contributed by atoms with Crippen molar-refractivity contribution in [2.45, 2.75) is 39.2 Å². The van der Waals surface area contributed by atoms with Crippen LogP contribution in [0.15, 0.2) is 17.4 Å². The molecular weight excluding hydrogens is 387 g/mol. The van der Waals surface area contributed by atoms with Gasteiger partial charge in [0.2, 0.25) is 0 Å². The van der Waals surface area contributed by atoms with Gasteiger partial charge in [0.15, 0.2) is 5.96 Å². The summed E-state index contributed by atoms with van der Waals surface area (Å²) in [6, 6.07) is 0. The fourth-order valence-corrected chi connectivity index (χ4v) is 1.66. The summed E-state index contributed by atoms with van der Waals surface area (Å²) in [5.41, 5.74) is 5.70. The van der Waals surface area contributed by atoms with Gasteiger partial charge in [-0.3, -0.25) is 19.8 Å². The topological polar surface area (TPSA) is 111 Å². The summed E-state index contributed by atoms with van der Waals surface area (Å²) >= 11 is 0. The molecular formula is C12H23IN6O2. The highest BCUT2D eigenvalue weighted by molar-refractivity contribution is 14.0. The van der Waals surface area contributed by atoms with Crippen LogP contribution >= 0.6 is 24.0 Å². The number of nitrogens with two attached hydrogens (primary N) is 1. The SMILES string of the molecule is CCCCCCN=C(N)NCCn1cc([N+](=O)[O-])cn1.I. The van der Waals surface area contributed by atoms with Crippen molar-refractivity contribution in [3.05, 3.63) is 22.5 Å². The standard InChI is InChI=1S/C12H22N6O2.HI/c1-2-3-4-5-6-14-12(13)15-7-8-17-10-11(9-16-17)18(19)20;/h9-10H,2-8H2,1H3,(H3,13,14,15);1H. The molecule has 9 heteroatoms. The highest BCUT2D eigenvalue weighted by Gasteiger charge is 2.07. The second-order valence-electron chi connectivity index (χ2n) is 4.47. The van der Waals surface area contributed by atoms with Crippen molar-refractivity contribution in [2.75, 3.05) is 13.1 Å². The monoisotopic (exact) mass is 410 g/mol. The molecule has 0 atom stereocenters. The molecule has 0 aromatic carbocycles. The first-order valence-corrected chi connectivity index (χ1v) is 6.84. The molecule has 0 fully saturated rings. The van der Waals surface area contributed by atoms with E-state index < -0.39 is 4.92 Å². The van der Waals surface area contributed by atoms with Crippen LogP contribution in [0.1, 0.15) is 32.6 Å². The van der Waals surface area contributed by atoms with E-state index >= 15 is 0 Å². The maximum atomic E-state index is 10.5. The molecule has 120 valence electrons. The molecule has 1 aromatic rings. The van der Waals surface area contributed by atoms with E-state index in [1.54, 1.807) is 0 Å². The van der Waals surface area contributed by atoms with Crippen LogP contribution in [0.3, 0.4) is 0 Å². The smallest absolute Gasteiger partial charge is 0.306 e. The van der Waals surface area contributed by atoms with E-state index in [1.807, 2.05) is 0 Å². The quantitative estimate of drug-likeness (QED) is 0.161. The zero-order valence-corrected chi connectivity index (χ0v) is 14.5. The molecule has 3 N–H and O–H groups in total. The van der Waals surface area contributed by atoms with Gasteiger partial charge in [-0.1, -0.05) is 26.2 Å². The molecule has 0 spiro atoms. The Hall–Kier alpha value is -1.39. The lowest BCUT2D eigenvalue weighted by molar-refractivity contribution is -0.385. The number of guanidine groups is 1. The average Bonchev–Trinajstić information content (AvgIpc) is 2.87. The van der Waals surface area contributed by atoms with E-state index in [0.717, 1.165) is 13.0 Å². The number of nitrogens with zero attached hydrogens (tertiary/aromatic N) is 4. The summed E-state index contributed by atoms with van der Waals surface area (Å²) in [7, 11) is 0. The van der Waals surface area contributed by atoms with Crippen molar-refractivity contribution in [3.8, 4) is 0 Å². The van der Waals surface area contributed by atoms with Crippen molar-refractivity contribution in [3.63, 3.8) is 0 Å². The molecule has 0 bridgehead atoms. The predicted octanol–water partition coefficient (Wildman–Crippen LogP) is 1.89. The second kappa shape index (κ2) is 11.3. The second-order valence-corrected chi connectivity index (χ2v) is 4.47. The maximum absolute atomic E-state index is 10.5. The summed E-state index contributed by atoms with van der Waals surface area (Å²) in [5.74, 6) is 0.406. The van der Waals surface area contributed by atoms with Gasteiger partial charge in [-0.05, 0) is 6.42 Å². The molecule has 0 radical (unpaired) electrons. The number of aliphatic imine (C=N–C) groups is 1. The van der Waals surface area contributed by atoms with Gasteiger partial charge in [0.05, 0.1) is 11.5 Å². The molecule has 8 nitrogen and oxygen atoms in total. The largest absolute Gasteiger partial charge is 0.370 e. The molecule has 0 saturated heterocycles. The number of rotatable bonds is 9. The summed E-state index contributed by atoms with van der Waals surface area (Å²) in [6.45, 7) is 3.92. The molecule has 21 heavy (non-hydrogen) atoms. The molecule has 0 aliphatic rings. The third-order valence-corrected chi connectivity index (χ3v) is 2.77. The number of hydrogen-bond donors (Lipinski definition) is 2. The highest BCUT2D eigenvalue weighted by Crippen LogP contribution is 2.06. The minimum Gasteiger partial charge on any atom is -0.370 e. The molecule has 1 rings (SSSR count). The van der Waals surface area contributed by atoms with E-state index in [9.17, 15) is 10.1 Å². The van der Waals surface area contributed by atoms with E-state index in [2.05, 4.69) is 22.3 Å². The van der Waals surface area contributed by atoms with Crippen LogP contribution in [-0.2, 0) is 6.54 Å². The summed E-state index contributed by atoms with van der Waals surface area (Å²) < 4.78 is 1.50. The van der Waals surface area contributed by atoms with Gasteiger partial charge in [-0.15, -0.1) is 24.0 Å². The van der Waals surface area contributed by atoms with Gasteiger partial charge in [0, 0.05) is 13.1 Å². The van der Waals surface area contributed by atoms with E-state index in [1.165, 1.54) is 36.3 Å². The van der Waals surface area contributed by atoms with Crippen LogP contribution < -0.4 is 11.1 Å². The fourth-order valence-electron chi connectivity index (χ4n) is 1.66. The average molecular weight is 410 g/mol. The lowest BCUT2D eigenvalue weighted by Crippen LogP contribution is -2.34. The van der Waals surface area contributed by atoms with Crippen LogP contribution in [-0.4, -0.2) is 33.8 Å². The first-order valence-electron chi connectivity index (χ1n) is 6.84. The summed E-state index contributed by atoms with van der Waals surface area (Å²) in [6.07, 6.45) is 7.26. The normalized spacial score (nSPS) is 11.0. The molecule has 1 heterocycles. The van der Waals surface area contributed by atoms with Gasteiger partial charge in [-0.2, -0.15) is 5.10 Å². The summed E-state index contributed by atoms with van der Waals surface area (Å²) in [4.78, 5) is 14.2. The maximum Gasteiger partial charge on any atom is 0.306 e. The zero-order chi connectivity index (χ0) is 14.8. The van der Waals surface area contributed by atoms with Crippen molar-refractivity contribution in [2.24, 2.45) is 10.7 Å². The Kier molecular flexibility index (Phi) is 10.5. The molecule has 1 aromatic heterocycles. The minimum atomic E-state index is -0.469. The third kappa shape index (κ3) is 8.48. The summed E-state index contributed by atoms with van der Waals surface area (Å²) in [5, 5.41) is 17.3. The number of hydrogen-bond acceptors (Lipinski definition) is 4. The number of unbranched alkanes of at least 4 members (excludes halogenated alkanes) is 3.